The fourth-order valence-electron chi connectivity index (χ4n) is 2.45. The van der Waals surface area contributed by atoms with E-state index in [1.165, 1.54) is 11.3 Å². The summed E-state index contributed by atoms with van der Waals surface area (Å²) in [4.78, 5) is 29.8. The van der Waals surface area contributed by atoms with Crippen molar-refractivity contribution in [2.75, 3.05) is 6.54 Å². The number of thiophene rings is 1. The minimum atomic E-state index is -0.882. The molecule has 1 aromatic carbocycles. The molecule has 0 radical (unpaired) electrons. The Labute approximate surface area is 166 Å². The highest BCUT2D eigenvalue weighted by molar-refractivity contribution is 7.20. The number of hydrogen-bond donors (Lipinski definition) is 1. The van der Waals surface area contributed by atoms with Gasteiger partial charge in [-0.25, -0.2) is 9.78 Å². The van der Waals surface area contributed by atoms with Gasteiger partial charge in [0.15, 0.2) is 11.8 Å². The number of ether oxygens (including phenoxy) is 1. The second-order valence-corrected chi connectivity index (χ2v) is 7.93. The number of benzene rings is 1. The summed E-state index contributed by atoms with van der Waals surface area (Å²) >= 11 is 2.94. The van der Waals surface area contributed by atoms with E-state index >= 15 is 0 Å². The van der Waals surface area contributed by atoms with Crippen molar-refractivity contribution >= 4 is 34.6 Å². The van der Waals surface area contributed by atoms with Gasteiger partial charge < -0.3 is 10.1 Å². The molecule has 0 saturated carbocycles. The maximum absolute atomic E-state index is 12.2. The van der Waals surface area contributed by atoms with Crippen molar-refractivity contribution in [1.29, 1.82) is 0 Å². The molecule has 1 N–H and O–H groups in total. The Balaban J connectivity index is 1.51. The first-order valence-corrected chi connectivity index (χ1v) is 10.3. The van der Waals surface area contributed by atoms with Crippen LogP contribution >= 0.6 is 22.7 Å². The van der Waals surface area contributed by atoms with Crippen LogP contribution in [-0.4, -0.2) is 29.5 Å². The lowest BCUT2D eigenvalue weighted by molar-refractivity contribution is -0.129. The van der Waals surface area contributed by atoms with Crippen LogP contribution in [0.4, 0.5) is 0 Å². The van der Waals surface area contributed by atoms with E-state index in [0.717, 1.165) is 15.4 Å². The van der Waals surface area contributed by atoms with E-state index in [2.05, 4.69) is 10.3 Å². The third-order valence-corrected chi connectivity index (χ3v) is 5.93. The molecule has 140 valence electrons. The van der Waals surface area contributed by atoms with Crippen LogP contribution in [0, 0.1) is 0 Å². The third kappa shape index (κ3) is 5.02. The first kappa shape index (κ1) is 19.3. The van der Waals surface area contributed by atoms with E-state index in [1.807, 2.05) is 54.8 Å². The van der Waals surface area contributed by atoms with E-state index in [0.29, 0.717) is 6.54 Å². The fourth-order valence-corrected chi connectivity index (χ4v) is 4.06. The quantitative estimate of drug-likeness (QED) is 0.599. The van der Waals surface area contributed by atoms with Crippen LogP contribution in [0.1, 0.15) is 35.8 Å². The lowest BCUT2D eigenvalue weighted by Crippen LogP contribution is -2.37. The van der Waals surface area contributed by atoms with E-state index < -0.39 is 12.1 Å². The highest BCUT2D eigenvalue weighted by Crippen LogP contribution is 2.28. The summed E-state index contributed by atoms with van der Waals surface area (Å²) in [5.74, 6) is -0.738. The molecule has 0 fully saturated rings. The molecule has 0 aliphatic rings. The number of nitrogens with one attached hydrogen (secondary N) is 1. The molecule has 0 aliphatic heterocycles. The van der Waals surface area contributed by atoms with Gasteiger partial charge in [0.25, 0.3) is 5.91 Å². The van der Waals surface area contributed by atoms with Gasteiger partial charge in [-0.2, -0.15) is 0 Å². The SMILES string of the molecule is C[C@H](CNC(=O)[C@@H](C)OC(=O)c1csc(-c2cccs2)n1)c1ccccc1. The molecule has 2 heterocycles. The van der Waals surface area contributed by atoms with Gasteiger partial charge in [-0.15, -0.1) is 22.7 Å². The number of esters is 1. The monoisotopic (exact) mass is 400 g/mol. The van der Waals surface area contributed by atoms with Crippen LogP contribution < -0.4 is 5.32 Å². The van der Waals surface area contributed by atoms with Crippen molar-refractivity contribution in [1.82, 2.24) is 10.3 Å². The molecular weight excluding hydrogens is 380 g/mol. The predicted octanol–water partition coefficient (Wildman–Crippen LogP) is 4.34. The van der Waals surface area contributed by atoms with Crippen LogP contribution in [0.3, 0.4) is 0 Å². The lowest BCUT2D eigenvalue weighted by Gasteiger charge is -2.16. The number of nitrogens with zero attached hydrogens (tertiary/aromatic N) is 1. The number of rotatable bonds is 7. The first-order chi connectivity index (χ1) is 13.0. The zero-order valence-corrected chi connectivity index (χ0v) is 16.7. The number of thiazole rings is 1. The van der Waals surface area contributed by atoms with Gasteiger partial charge in [0.05, 0.1) is 4.88 Å². The summed E-state index contributed by atoms with van der Waals surface area (Å²) in [6.45, 7) is 4.07. The minimum absolute atomic E-state index is 0.171. The van der Waals surface area contributed by atoms with E-state index in [1.54, 1.807) is 23.6 Å². The summed E-state index contributed by atoms with van der Waals surface area (Å²) in [6, 6.07) is 13.8. The highest BCUT2D eigenvalue weighted by Gasteiger charge is 2.21. The fraction of sp³-hybridized carbons (Fsp3) is 0.250. The summed E-state index contributed by atoms with van der Waals surface area (Å²) in [5, 5.41) is 7.21. The Morgan fingerprint density at radius 1 is 1.11 bits per heavy atom. The number of carbonyl (C=O) groups is 2. The Kier molecular flexibility index (Phi) is 6.36. The van der Waals surface area contributed by atoms with E-state index in [4.69, 9.17) is 4.74 Å². The molecule has 7 heteroatoms. The minimum Gasteiger partial charge on any atom is -0.448 e. The topological polar surface area (TPSA) is 68.3 Å². The average molecular weight is 401 g/mol. The zero-order valence-electron chi connectivity index (χ0n) is 15.0. The molecule has 0 unspecified atom stereocenters. The van der Waals surface area contributed by atoms with E-state index in [-0.39, 0.29) is 17.5 Å². The van der Waals surface area contributed by atoms with Gasteiger partial charge in [-0.1, -0.05) is 43.3 Å². The standard InChI is InChI=1S/C20H20N2O3S2/c1-13(15-7-4-3-5-8-15)11-21-18(23)14(2)25-20(24)16-12-27-19(22-16)17-9-6-10-26-17/h3-10,12-14H,11H2,1-2H3,(H,21,23)/t13-,14-/m1/s1. The molecule has 27 heavy (non-hydrogen) atoms. The second-order valence-electron chi connectivity index (χ2n) is 6.12. The van der Waals surface area contributed by atoms with E-state index in [9.17, 15) is 9.59 Å². The van der Waals surface area contributed by atoms with Crippen LogP contribution in [-0.2, 0) is 9.53 Å². The first-order valence-electron chi connectivity index (χ1n) is 8.57. The smallest absolute Gasteiger partial charge is 0.358 e. The normalized spacial score (nSPS) is 13.0. The highest BCUT2D eigenvalue weighted by atomic mass is 32.1. The molecule has 0 spiro atoms. The van der Waals surface area contributed by atoms with Gasteiger partial charge in [0.2, 0.25) is 0 Å². The Morgan fingerprint density at radius 3 is 2.59 bits per heavy atom. The van der Waals surface area contributed by atoms with Gasteiger partial charge in [-0.05, 0) is 29.9 Å². The number of amides is 1. The largest absolute Gasteiger partial charge is 0.448 e. The molecular formula is C20H20N2O3S2. The number of carbonyl (C=O) groups excluding carboxylic acids is 2. The maximum atomic E-state index is 12.2. The molecule has 3 aromatic rings. The third-order valence-electron chi connectivity index (χ3n) is 4.05. The van der Waals surface area contributed by atoms with Crippen molar-refractivity contribution in [2.45, 2.75) is 25.9 Å². The van der Waals surface area contributed by atoms with Gasteiger partial charge in [0.1, 0.15) is 5.01 Å². The molecule has 5 nitrogen and oxygen atoms in total. The van der Waals surface area contributed by atoms with Crippen LogP contribution in [0.15, 0.2) is 53.2 Å². The molecule has 3 rings (SSSR count). The summed E-state index contributed by atoms with van der Waals surface area (Å²) in [7, 11) is 0. The van der Waals surface area contributed by atoms with Crippen molar-refractivity contribution < 1.29 is 14.3 Å². The summed E-state index contributed by atoms with van der Waals surface area (Å²) in [6.07, 6.45) is -0.882. The van der Waals surface area contributed by atoms with Gasteiger partial charge >= 0.3 is 5.97 Å². The van der Waals surface area contributed by atoms with Crippen molar-refractivity contribution in [3.63, 3.8) is 0 Å². The second kappa shape index (κ2) is 8.92. The molecule has 0 aliphatic carbocycles. The van der Waals surface area contributed by atoms with Gasteiger partial charge in [0, 0.05) is 11.9 Å². The van der Waals surface area contributed by atoms with Crippen molar-refractivity contribution in [3.05, 3.63) is 64.5 Å². The van der Waals surface area contributed by atoms with Crippen molar-refractivity contribution in [3.8, 4) is 9.88 Å². The van der Waals surface area contributed by atoms with Crippen LogP contribution in [0.2, 0.25) is 0 Å². The molecule has 2 aromatic heterocycles. The lowest BCUT2D eigenvalue weighted by atomic mass is 10.0. The summed E-state index contributed by atoms with van der Waals surface area (Å²) < 4.78 is 5.26. The Hall–Kier alpha value is -2.51. The Morgan fingerprint density at radius 2 is 1.89 bits per heavy atom. The van der Waals surface area contributed by atoms with Crippen LogP contribution in [0.25, 0.3) is 9.88 Å². The molecule has 2 atom stereocenters. The molecule has 1 amide bonds. The number of aromatic nitrogens is 1. The molecule has 0 bridgehead atoms. The molecule has 0 saturated heterocycles. The summed E-state index contributed by atoms with van der Waals surface area (Å²) in [5.41, 5.74) is 1.37. The Bertz CT molecular complexity index is 891. The average Bonchev–Trinajstić information content (AvgIpc) is 3.37. The zero-order chi connectivity index (χ0) is 19.2. The maximum Gasteiger partial charge on any atom is 0.358 e. The number of hydrogen-bond acceptors (Lipinski definition) is 6. The van der Waals surface area contributed by atoms with Crippen molar-refractivity contribution in [2.24, 2.45) is 0 Å². The van der Waals surface area contributed by atoms with Crippen LogP contribution in [0.5, 0.6) is 0 Å². The predicted molar refractivity (Wildman–Crippen MR) is 108 cm³/mol. The van der Waals surface area contributed by atoms with Gasteiger partial charge in [-0.3, -0.25) is 4.79 Å².